The van der Waals surface area contributed by atoms with Crippen LogP contribution in [0.1, 0.15) is 12.8 Å². The zero-order chi connectivity index (χ0) is 7.82. The van der Waals surface area contributed by atoms with Crippen LogP contribution in [-0.2, 0) is 0 Å². The number of aliphatic hydroxyl groups is 1. The molecular weight excluding hydrogens is 126 g/mol. The lowest BCUT2D eigenvalue weighted by Crippen LogP contribution is -2.19. The van der Waals surface area contributed by atoms with E-state index in [4.69, 9.17) is 5.11 Å². The van der Waals surface area contributed by atoms with E-state index in [-0.39, 0.29) is 6.61 Å². The standard InChI is InChI=1S/C8H17NO/c1-3-4-8(5-6-10)7-9-2/h3,8-10H,1,4-7H2,2H3. The van der Waals surface area contributed by atoms with E-state index in [1.54, 1.807) is 0 Å². The molecule has 0 amide bonds. The van der Waals surface area contributed by atoms with E-state index >= 15 is 0 Å². The summed E-state index contributed by atoms with van der Waals surface area (Å²) >= 11 is 0. The summed E-state index contributed by atoms with van der Waals surface area (Å²) in [5.41, 5.74) is 0. The van der Waals surface area contributed by atoms with Crippen LogP contribution in [0.25, 0.3) is 0 Å². The average Bonchev–Trinajstić information content (AvgIpc) is 1.90. The highest BCUT2D eigenvalue weighted by Gasteiger charge is 2.03. The fraction of sp³-hybridized carbons (Fsp3) is 0.750. The first kappa shape index (κ1) is 9.66. The molecule has 2 nitrogen and oxygen atoms in total. The lowest BCUT2D eigenvalue weighted by molar-refractivity contribution is 0.256. The first-order valence-corrected chi connectivity index (χ1v) is 3.71. The van der Waals surface area contributed by atoms with Gasteiger partial charge in [-0.15, -0.1) is 6.58 Å². The van der Waals surface area contributed by atoms with E-state index < -0.39 is 0 Å². The second-order valence-electron chi connectivity index (χ2n) is 2.46. The first-order chi connectivity index (χ1) is 4.85. The third-order valence-electron chi connectivity index (χ3n) is 1.53. The van der Waals surface area contributed by atoms with Crippen LogP contribution in [0.15, 0.2) is 12.7 Å². The van der Waals surface area contributed by atoms with Gasteiger partial charge in [0.05, 0.1) is 0 Å². The molecular formula is C8H17NO. The topological polar surface area (TPSA) is 32.3 Å². The molecule has 0 aliphatic heterocycles. The largest absolute Gasteiger partial charge is 0.396 e. The maximum absolute atomic E-state index is 8.63. The van der Waals surface area contributed by atoms with Gasteiger partial charge in [-0.3, -0.25) is 0 Å². The van der Waals surface area contributed by atoms with Gasteiger partial charge in [0.2, 0.25) is 0 Å². The summed E-state index contributed by atoms with van der Waals surface area (Å²) in [5.74, 6) is 0.549. The maximum Gasteiger partial charge on any atom is 0.0434 e. The van der Waals surface area contributed by atoms with Gasteiger partial charge in [-0.25, -0.2) is 0 Å². The molecule has 1 atom stereocenters. The van der Waals surface area contributed by atoms with Crippen molar-refractivity contribution in [1.29, 1.82) is 0 Å². The monoisotopic (exact) mass is 143 g/mol. The van der Waals surface area contributed by atoms with Crippen molar-refractivity contribution in [3.05, 3.63) is 12.7 Å². The van der Waals surface area contributed by atoms with E-state index in [2.05, 4.69) is 11.9 Å². The number of allylic oxidation sites excluding steroid dienone is 1. The summed E-state index contributed by atoms with van der Waals surface area (Å²) in [5, 5.41) is 11.7. The Morgan fingerprint density at radius 3 is 2.80 bits per heavy atom. The van der Waals surface area contributed by atoms with Crippen LogP contribution in [0.4, 0.5) is 0 Å². The Hall–Kier alpha value is -0.340. The third kappa shape index (κ3) is 4.53. The summed E-state index contributed by atoms with van der Waals surface area (Å²) in [7, 11) is 1.92. The highest BCUT2D eigenvalue weighted by atomic mass is 16.3. The normalized spacial score (nSPS) is 13.0. The van der Waals surface area contributed by atoms with Crippen molar-refractivity contribution < 1.29 is 5.11 Å². The molecule has 0 radical (unpaired) electrons. The van der Waals surface area contributed by atoms with Crippen molar-refractivity contribution in [1.82, 2.24) is 5.32 Å². The van der Waals surface area contributed by atoms with Gasteiger partial charge < -0.3 is 10.4 Å². The fourth-order valence-electron chi connectivity index (χ4n) is 1.01. The van der Waals surface area contributed by atoms with E-state index in [0.717, 1.165) is 19.4 Å². The van der Waals surface area contributed by atoms with Crippen LogP contribution in [-0.4, -0.2) is 25.3 Å². The zero-order valence-electron chi connectivity index (χ0n) is 6.64. The summed E-state index contributed by atoms with van der Waals surface area (Å²) in [6.45, 7) is 4.90. The minimum Gasteiger partial charge on any atom is -0.396 e. The molecule has 0 saturated heterocycles. The van der Waals surface area contributed by atoms with Crippen LogP contribution >= 0.6 is 0 Å². The molecule has 0 fully saturated rings. The molecule has 0 heterocycles. The second-order valence-corrected chi connectivity index (χ2v) is 2.46. The van der Waals surface area contributed by atoms with Gasteiger partial charge in [-0.05, 0) is 32.4 Å². The highest BCUT2D eigenvalue weighted by molar-refractivity contribution is 4.73. The van der Waals surface area contributed by atoms with Crippen molar-refractivity contribution in [2.24, 2.45) is 5.92 Å². The molecule has 60 valence electrons. The Balaban J connectivity index is 3.38. The molecule has 0 spiro atoms. The molecule has 0 aliphatic rings. The fourth-order valence-corrected chi connectivity index (χ4v) is 1.01. The molecule has 0 aliphatic carbocycles. The molecule has 0 aromatic carbocycles. The molecule has 0 saturated carbocycles. The van der Waals surface area contributed by atoms with Crippen molar-refractivity contribution in [3.8, 4) is 0 Å². The number of hydrogen-bond acceptors (Lipinski definition) is 2. The lowest BCUT2D eigenvalue weighted by atomic mass is 10.0. The van der Waals surface area contributed by atoms with Gasteiger partial charge in [0.15, 0.2) is 0 Å². The van der Waals surface area contributed by atoms with Crippen molar-refractivity contribution in [2.75, 3.05) is 20.2 Å². The number of rotatable bonds is 6. The predicted molar refractivity (Wildman–Crippen MR) is 43.9 cm³/mol. The first-order valence-electron chi connectivity index (χ1n) is 3.71. The highest BCUT2D eigenvalue weighted by Crippen LogP contribution is 2.06. The van der Waals surface area contributed by atoms with Crippen molar-refractivity contribution in [3.63, 3.8) is 0 Å². The van der Waals surface area contributed by atoms with Gasteiger partial charge in [-0.1, -0.05) is 6.08 Å². The second kappa shape index (κ2) is 6.78. The van der Waals surface area contributed by atoms with Gasteiger partial charge in [0.1, 0.15) is 0 Å². The van der Waals surface area contributed by atoms with E-state index in [9.17, 15) is 0 Å². The van der Waals surface area contributed by atoms with E-state index in [1.165, 1.54) is 0 Å². The molecule has 2 N–H and O–H groups in total. The van der Waals surface area contributed by atoms with Crippen LogP contribution in [0.2, 0.25) is 0 Å². The van der Waals surface area contributed by atoms with E-state index in [1.807, 2.05) is 13.1 Å². The Kier molecular flexibility index (Phi) is 6.55. The van der Waals surface area contributed by atoms with Gasteiger partial charge in [0.25, 0.3) is 0 Å². The van der Waals surface area contributed by atoms with Crippen LogP contribution in [0, 0.1) is 5.92 Å². The Labute approximate surface area is 62.9 Å². The summed E-state index contributed by atoms with van der Waals surface area (Å²) in [4.78, 5) is 0. The minimum atomic E-state index is 0.278. The van der Waals surface area contributed by atoms with Gasteiger partial charge in [0, 0.05) is 6.61 Å². The maximum atomic E-state index is 8.63. The van der Waals surface area contributed by atoms with Crippen molar-refractivity contribution >= 4 is 0 Å². The number of hydrogen-bond donors (Lipinski definition) is 2. The van der Waals surface area contributed by atoms with Gasteiger partial charge in [-0.2, -0.15) is 0 Å². The Morgan fingerprint density at radius 1 is 1.70 bits per heavy atom. The molecule has 1 unspecified atom stereocenters. The SMILES string of the molecule is C=CCC(CCO)CNC. The number of aliphatic hydroxyl groups excluding tert-OH is 1. The van der Waals surface area contributed by atoms with E-state index in [0.29, 0.717) is 5.92 Å². The molecule has 0 aromatic rings. The average molecular weight is 143 g/mol. The molecule has 0 rings (SSSR count). The summed E-state index contributed by atoms with van der Waals surface area (Å²) < 4.78 is 0. The molecule has 0 aromatic heterocycles. The van der Waals surface area contributed by atoms with Crippen LogP contribution in [0.5, 0.6) is 0 Å². The van der Waals surface area contributed by atoms with Gasteiger partial charge >= 0.3 is 0 Å². The predicted octanol–water partition coefficient (Wildman–Crippen LogP) is 0.781. The minimum absolute atomic E-state index is 0.278. The molecule has 0 bridgehead atoms. The summed E-state index contributed by atoms with van der Waals surface area (Å²) in [6.07, 6.45) is 3.76. The Bertz CT molecular complexity index is 77.3. The molecule has 10 heavy (non-hydrogen) atoms. The Morgan fingerprint density at radius 2 is 2.40 bits per heavy atom. The smallest absolute Gasteiger partial charge is 0.0434 e. The van der Waals surface area contributed by atoms with Crippen LogP contribution < -0.4 is 5.32 Å². The summed E-state index contributed by atoms with van der Waals surface area (Å²) in [6, 6.07) is 0. The quantitative estimate of drug-likeness (QED) is 0.538. The molecule has 2 heteroatoms. The zero-order valence-corrected chi connectivity index (χ0v) is 6.64. The third-order valence-corrected chi connectivity index (χ3v) is 1.53. The van der Waals surface area contributed by atoms with Crippen molar-refractivity contribution in [2.45, 2.75) is 12.8 Å². The van der Waals surface area contributed by atoms with Crippen LogP contribution in [0.3, 0.4) is 0 Å². The lowest BCUT2D eigenvalue weighted by Gasteiger charge is -2.11. The number of nitrogens with one attached hydrogen (secondary N) is 1.